The summed E-state index contributed by atoms with van der Waals surface area (Å²) in [5, 5.41) is 0. The maximum absolute atomic E-state index is 12.4. The summed E-state index contributed by atoms with van der Waals surface area (Å²) in [6.07, 6.45) is 0. The molecule has 0 saturated carbocycles. The van der Waals surface area contributed by atoms with Crippen molar-refractivity contribution in [3.05, 3.63) is 65.7 Å². The number of carbonyl (C=O) groups excluding carboxylic acids is 2. The fourth-order valence-corrected chi connectivity index (χ4v) is 2.23. The van der Waals surface area contributed by atoms with Gasteiger partial charge in [0.2, 0.25) is 5.78 Å². The number of ketones is 2. The summed E-state index contributed by atoms with van der Waals surface area (Å²) in [6, 6.07) is 14.7. The number of benzene rings is 2. The summed E-state index contributed by atoms with van der Waals surface area (Å²) >= 11 is 0. The van der Waals surface area contributed by atoms with Crippen LogP contribution in [-0.4, -0.2) is 23.3 Å². The molecule has 4 nitrogen and oxygen atoms in total. The Balaban J connectivity index is 2.13. The van der Waals surface area contributed by atoms with Gasteiger partial charge in [0.05, 0.1) is 5.69 Å². The first kappa shape index (κ1) is 12.4. The highest BCUT2D eigenvalue weighted by atomic mass is 16.1. The lowest BCUT2D eigenvalue weighted by Crippen LogP contribution is -2.47. The monoisotopic (exact) mass is 264 g/mol. The van der Waals surface area contributed by atoms with Gasteiger partial charge in [-0.1, -0.05) is 42.5 Å². The SMILES string of the molecule is NC1C(=O)c2ccccc2C(=O)C1=Nc1ccccc1. The first-order chi connectivity index (χ1) is 9.68. The molecule has 0 aliphatic heterocycles. The van der Waals surface area contributed by atoms with Crippen LogP contribution in [0, 0.1) is 0 Å². The molecule has 1 atom stereocenters. The summed E-state index contributed by atoms with van der Waals surface area (Å²) in [4.78, 5) is 28.9. The van der Waals surface area contributed by atoms with E-state index in [0.717, 1.165) is 0 Å². The zero-order valence-corrected chi connectivity index (χ0v) is 10.6. The molecule has 0 fully saturated rings. The quantitative estimate of drug-likeness (QED) is 0.857. The summed E-state index contributed by atoms with van der Waals surface area (Å²) < 4.78 is 0. The lowest BCUT2D eigenvalue weighted by Gasteiger charge is -2.20. The van der Waals surface area contributed by atoms with Crippen molar-refractivity contribution in [3.8, 4) is 0 Å². The molecule has 20 heavy (non-hydrogen) atoms. The first-order valence-corrected chi connectivity index (χ1v) is 6.25. The van der Waals surface area contributed by atoms with E-state index in [2.05, 4.69) is 4.99 Å². The number of fused-ring (bicyclic) bond motifs is 1. The predicted molar refractivity (Wildman–Crippen MR) is 76.6 cm³/mol. The molecular formula is C16H12N2O2. The minimum Gasteiger partial charge on any atom is -0.316 e. The summed E-state index contributed by atoms with van der Waals surface area (Å²) in [5.74, 6) is -0.550. The Morgan fingerprint density at radius 3 is 2.15 bits per heavy atom. The van der Waals surface area contributed by atoms with E-state index in [1.165, 1.54) is 0 Å². The summed E-state index contributed by atoms with van der Waals surface area (Å²) in [7, 11) is 0. The van der Waals surface area contributed by atoms with E-state index in [9.17, 15) is 9.59 Å². The van der Waals surface area contributed by atoms with E-state index in [4.69, 9.17) is 5.73 Å². The Labute approximate surface area is 116 Å². The van der Waals surface area contributed by atoms with Crippen molar-refractivity contribution in [2.24, 2.45) is 10.7 Å². The van der Waals surface area contributed by atoms with Crippen LogP contribution in [0.1, 0.15) is 20.7 Å². The van der Waals surface area contributed by atoms with Crippen LogP contribution in [0.3, 0.4) is 0 Å². The van der Waals surface area contributed by atoms with Gasteiger partial charge in [0, 0.05) is 11.1 Å². The number of para-hydroxylation sites is 1. The second-order valence-corrected chi connectivity index (χ2v) is 4.55. The molecule has 0 amide bonds. The maximum atomic E-state index is 12.4. The molecule has 2 N–H and O–H groups in total. The third-order valence-corrected chi connectivity index (χ3v) is 3.25. The normalized spacial score (nSPS) is 20.1. The smallest absolute Gasteiger partial charge is 0.210 e. The molecule has 3 rings (SSSR count). The van der Waals surface area contributed by atoms with Crippen LogP contribution in [0.4, 0.5) is 5.69 Å². The van der Waals surface area contributed by atoms with E-state index in [-0.39, 0.29) is 17.3 Å². The van der Waals surface area contributed by atoms with Crippen LogP contribution in [-0.2, 0) is 0 Å². The fraction of sp³-hybridized carbons (Fsp3) is 0.0625. The van der Waals surface area contributed by atoms with Gasteiger partial charge >= 0.3 is 0 Å². The number of Topliss-reactive ketones (excluding diaryl/α,β-unsaturated/α-hetero) is 2. The first-order valence-electron chi connectivity index (χ1n) is 6.25. The van der Waals surface area contributed by atoms with Crippen LogP contribution in [0.25, 0.3) is 0 Å². The molecule has 1 aliphatic carbocycles. The van der Waals surface area contributed by atoms with Crippen molar-refractivity contribution in [2.45, 2.75) is 6.04 Å². The average molecular weight is 264 g/mol. The molecule has 2 aromatic rings. The van der Waals surface area contributed by atoms with Crippen LogP contribution >= 0.6 is 0 Å². The van der Waals surface area contributed by atoms with Crippen LogP contribution in [0.5, 0.6) is 0 Å². The van der Waals surface area contributed by atoms with Crippen molar-refractivity contribution >= 4 is 23.0 Å². The van der Waals surface area contributed by atoms with Crippen molar-refractivity contribution in [2.75, 3.05) is 0 Å². The van der Waals surface area contributed by atoms with E-state index < -0.39 is 6.04 Å². The number of aliphatic imine (C=N–C) groups is 1. The molecule has 2 aromatic carbocycles. The van der Waals surface area contributed by atoms with Gasteiger partial charge in [-0.3, -0.25) is 9.59 Å². The highest BCUT2D eigenvalue weighted by molar-refractivity contribution is 6.55. The topological polar surface area (TPSA) is 72.5 Å². The van der Waals surface area contributed by atoms with Gasteiger partial charge in [-0.15, -0.1) is 0 Å². The Morgan fingerprint density at radius 1 is 0.850 bits per heavy atom. The van der Waals surface area contributed by atoms with E-state index in [1.807, 2.05) is 18.2 Å². The van der Waals surface area contributed by atoms with Crippen molar-refractivity contribution in [3.63, 3.8) is 0 Å². The fourth-order valence-electron chi connectivity index (χ4n) is 2.23. The molecule has 1 unspecified atom stereocenters. The van der Waals surface area contributed by atoms with E-state index >= 15 is 0 Å². The molecule has 0 saturated heterocycles. The Bertz CT molecular complexity index is 720. The van der Waals surface area contributed by atoms with Gasteiger partial charge in [0.25, 0.3) is 0 Å². The minimum absolute atomic E-state index is 0.0971. The number of hydrogen-bond donors (Lipinski definition) is 1. The highest BCUT2D eigenvalue weighted by Gasteiger charge is 2.35. The number of nitrogens with two attached hydrogens (primary N) is 1. The lowest BCUT2D eigenvalue weighted by molar-refractivity contribution is 0.0949. The minimum atomic E-state index is -1.00. The summed E-state index contributed by atoms with van der Waals surface area (Å²) in [6.45, 7) is 0. The lowest BCUT2D eigenvalue weighted by atomic mass is 9.85. The van der Waals surface area contributed by atoms with Crippen LogP contribution < -0.4 is 5.73 Å². The second-order valence-electron chi connectivity index (χ2n) is 4.55. The van der Waals surface area contributed by atoms with Gasteiger partial charge in [0.1, 0.15) is 11.8 Å². The molecule has 0 aromatic heterocycles. The van der Waals surface area contributed by atoms with E-state index in [0.29, 0.717) is 16.8 Å². The van der Waals surface area contributed by atoms with Crippen molar-refractivity contribution < 1.29 is 9.59 Å². The average Bonchev–Trinajstić information content (AvgIpc) is 2.50. The standard InChI is InChI=1S/C16H12N2O2/c17-13-14(18-10-6-2-1-3-7-10)16(20)12-9-5-4-8-11(12)15(13)19/h1-9,13H,17H2. The van der Waals surface area contributed by atoms with Gasteiger partial charge in [0.15, 0.2) is 5.78 Å². The Kier molecular flexibility index (Phi) is 3.00. The van der Waals surface area contributed by atoms with Crippen molar-refractivity contribution in [1.29, 1.82) is 0 Å². The molecule has 0 spiro atoms. The molecular weight excluding hydrogens is 252 g/mol. The van der Waals surface area contributed by atoms with Crippen LogP contribution in [0.2, 0.25) is 0 Å². The number of nitrogens with zero attached hydrogens (tertiary/aromatic N) is 1. The molecule has 98 valence electrons. The molecule has 4 heteroatoms. The molecule has 1 aliphatic rings. The maximum Gasteiger partial charge on any atom is 0.210 e. The number of hydrogen-bond acceptors (Lipinski definition) is 4. The van der Waals surface area contributed by atoms with Crippen LogP contribution in [0.15, 0.2) is 59.6 Å². The third-order valence-electron chi connectivity index (χ3n) is 3.25. The highest BCUT2D eigenvalue weighted by Crippen LogP contribution is 2.21. The zero-order valence-electron chi connectivity index (χ0n) is 10.6. The number of rotatable bonds is 1. The summed E-state index contributed by atoms with van der Waals surface area (Å²) in [5.41, 5.74) is 7.32. The van der Waals surface area contributed by atoms with Gasteiger partial charge in [-0.2, -0.15) is 0 Å². The molecule has 0 bridgehead atoms. The molecule has 0 heterocycles. The largest absolute Gasteiger partial charge is 0.316 e. The van der Waals surface area contributed by atoms with Gasteiger partial charge in [-0.25, -0.2) is 4.99 Å². The van der Waals surface area contributed by atoms with Gasteiger partial charge in [-0.05, 0) is 12.1 Å². The number of carbonyl (C=O) groups is 2. The van der Waals surface area contributed by atoms with E-state index in [1.54, 1.807) is 36.4 Å². The van der Waals surface area contributed by atoms with Gasteiger partial charge < -0.3 is 5.73 Å². The molecule has 0 radical (unpaired) electrons. The Morgan fingerprint density at radius 2 is 1.45 bits per heavy atom. The Hall–Kier alpha value is -2.59. The third kappa shape index (κ3) is 1.96. The predicted octanol–water partition coefficient (Wildman–Crippen LogP) is 2.17. The second kappa shape index (κ2) is 4.83. The zero-order chi connectivity index (χ0) is 14.1. The van der Waals surface area contributed by atoms with Crippen molar-refractivity contribution in [1.82, 2.24) is 0 Å².